The molecule has 0 aliphatic carbocycles. The lowest BCUT2D eigenvalue weighted by Gasteiger charge is -2.02. The summed E-state index contributed by atoms with van der Waals surface area (Å²) < 4.78 is 1.71. The minimum Gasteiger partial charge on any atom is -0.268 e. The number of fused-ring (bicyclic) bond motifs is 1. The molecule has 0 aliphatic heterocycles. The van der Waals surface area contributed by atoms with Crippen LogP contribution in [-0.4, -0.2) is 29.8 Å². The first-order valence-electron chi connectivity index (χ1n) is 5.09. The van der Waals surface area contributed by atoms with Gasteiger partial charge in [-0.1, -0.05) is 11.6 Å². The van der Waals surface area contributed by atoms with Crippen molar-refractivity contribution in [1.82, 2.24) is 29.8 Å². The Labute approximate surface area is 105 Å². The van der Waals surface area contributed by atoms with Gasteiger partial charge in [-0.15, -0.1) is 10.2 Å². The lowest BCUT2D eigenvalue weighted by atomic mass is 10.3. The van der Waals surface area contributed by atoms with Crippen molar-refractivity contribution in [1.29, 1.82) is 0 Å². The van der Waals surface area contributed by atoms with Crippen molar-refractivity contribution < 1.29 is 0 Å². The van der Waals surface area contributed by atoms with Crippen LogP contribution in [0.1, 0.15) is 5.82 Å². The van der Waals surface area contributed by atoms with Gasteiger partial charge in [0.05, 0.1) is 0 Å². The molecule has 0 amide bonds. The number of H-pyrrole nitrogens is 1. The van der Waals surface area contributed by atoms with Crippen molar-refractivity contribution in [2.24, 2.45) is 0 Å². The highest BCUT2D eigenvalue weighted by molar-refractivity contribution is 6.29. The van der Waals surface area contributed by atoms with E-state index < -0.39 is 0 Å². The van der Waals surface area contributed by atoms with E-state index in [4.69, 9.17) is 11.6 Å². The zero-order valence-corrected chi connectivity index (χ0v) is 10.0. The summed E-state index contributed by atoms with van der Waals surface area (Å²) >= 11 is 5.84. The molecule has 3 aromatic heterocycles. The Morgan fingerprint density at radius 2 is 2.17 bits per heavy atom. The second kappa shape index (κ2) is 3.88. The first kappa shape index (κ1) is 10.8. The molecule has 0 bridgehead atoms. The van der Waals surface area contributed by atoms with Crippen LogP contribution in [0.15, 0.2) is 23.0 Å². The topological polar surface area (TPSA) is 88.8 Å². The highest BCUT2D eigenvalue weighted by Gasteiger charge is 2.12. The number of aromatic nitrogens is 6. The molecule has 0 unspecified atom stereocenters. The Bertz CT molecular complexity index is 772. The lowest BCUT2D eigenvalue weighted by molar-refractivity contribution is 0.944. The number of nitrogens with one attached hydrogen (secondary N) is 1. The van der Waals surface area contributed by atoms with Crippen molar-refractivity contribution in [3.05, 3.63) is 39.5 Å². The van der Waals surface area contributed by atoms with Gasteiger partial charge in [-0.3, -0.25) is 9.20 Å². The number of hydrogen-bond donors (Lipinski definition) is 1. The van der Waals surface area contributed by atoms with E-state index in [1.54, 1.807) is 23.5 Å². The molecule has 1 N–H and O–H groups in total. The van der Waals surface area contributed by atoms with Crippen molar-refractivity contribution in [3.63, 3.8) is 0 Å². The monoisotopic (exact) mass is 262 g/mol. The van der Waals surface area contributed by atoms with Gasteiger partial charge in [0.1, 0.15) is 16.7 Å². The highest BCUT2D eigenvalue weighted by Crippen LogP contribution is 2.18. The van der Waals surface area contributed by atoms with Crippen LogP contribution in [0.2, 0.25) is 5.15 Å². The molecule has 0 aliphatic rings. The molecule has 0 spiro atoms. The summed E-state index contributed by atoms with van der Waals surface area (Å²) in [7, 11) is 0. The molecule has 0 fully saturated rings. The van der Waals surface area contributed by atoms with E-state index in [9.17, 15) is 4.79 Å². The van der Waals surface area contributed by atoms with Gasteiger partial charge in [-0.2, -0.15) is 5.10 Å². The maximum absolute atomic E-state index is 11.0. The molecule has 8 heteroatoms. The second-order valence-corrected chi connectivity index (χ2v) is 4.04. The average molecular weight is 263 g/mol. The molecule has 90 valence electrons. The second-order valence-electron chi connectivity index (χ2n) is 3.65. The molecule has 0 saturated carbocycles. The molecular weight excluding hydrogens is 256 g/mol. The van der Waals surface area contributed by atoms with E-state index in [-0.39, 0.29) is 5.56 Å². The average Bonchev–Trinajstić information content (AvgIpc) is 2.74. The Balaban J connectivity index is 2.30. The third-order valence-corrected chi connectivity index (χ3v) is 2.63. The third kappa shape index (κ3) is 1.65. The van der Waals surface area contributed by atoms with Gasteiger partial charge >= 0.3 is 0 Å². The van der Waals surface area contributed by atoms with Crippen LogP contribution in [0.3, 0.4) is 0 Å². The van der Waals surface area contributed by atoms with Gasteiger partial charge in [0.15, 0.2) is 11.5 Å². The predicted octanol–water partition coefficient (Wildman–Crippen LogP) is 0.836. The predicted molar refractivity (Wildman–Crippen MR) is 64.4 cm³/mol. The number of nitrogens with zero attached hydrogens (tertiary/aromatic N) is 5. The van der Waals surface area contributed by atoms with Gasteiger partial charge < -0.3 is 0 Å². The summed E-state index contributed by atoms with van der Waals surface area (Å²) in [6.07, 6.45) is 0. The van der Waals surface area contributed by atoms with Gasteiger partial charge in [-0.25, -0.2) is 10.1 Å². The number of aromatic amines is 1. The van der Waals surface area contributed by atoms with E-state index in [0.29, 0.717) is 28.1 Å². The van der Waals surface area contributed by atoms with Crippen molar-refractivity contribution in [2.75, 3.05) is 0 Å². The third-order valence-electron chi connectivity index (χ3n) is 2.44. The van der Waals surface area contributed by atoms with E-state index in [0.717, 1.165) is 0 Å². The molecule has 3 rings (SSSR count). The van der Waals surface area contributed by atoms with Crippen molar-refractivity contribution in [2.45, 2.75) is 6.92 Å². The minimum absolute atomic E-state index is 0.273. The Morgan fingerprint density at radius 3 is 2.89 bits per heavy atom. The van der Waals surface area contributed by atoms with Crippen molar-refractivity contribution in [3.8, 4) is 11.5 Å². The van der Waals surface area contributed by atoms with E-state index in [1.165, 1.54) is 6.07 Å². The van der Waals surface area contributed by atoms with Gasteiger partial charge in [0.2, 0.25) is 0 Å². The molecule has 0 atom stereocenters. The lowest BCUT2D eigenvalue weighted by Crippen LogP contribution is -2.07. The van der Waals surface area contributed by atoms with Crippen LogP contribution in [0.25, 0.3) is 17.2 Å². The van der Waals surface area contributed by atoms with Crippen LogP contribution < -0.4 is 5.56 Å². The first-order valence-corrected chi connectivity index (χ1v) is 5.47. The molecule has 0 radical (unpaired) electrons. The number of hydrogen-bond acceptors (Lipinski definition) is 5. The summed E-state index contributed by atoms with van der Waals surface area (Å²) in [5, 5.41) is 14.6. The molecule has 3 aromatic rings. The van der Waals surface area contributed by atoms with Crippen molar-refractivity contribution >= 4 is 17.2 Å². The molecule has 0 saturated heterocycles. The van der Waals surface area contributed by atoms with Gasteiger partial charge in [0.25, 0.3) is 5.56 Å². The smallest absolute Gasteiger partial charge is 0.264 e. The summed E-state index contributed by atoms with van der Waals surface area (Å²) in [4.78, 5) is 15.1. The van der Waals surface area contributed by atoms with Crippen LogP contribution >= 0.6 is 11.6 Å². The molecular formula is C10H7ClN6O. The van der Waals surface area contributed by atoms with Crippen LogP contribution in [0.4, 0.5) is 0 Å². The largest absolute Gasteiger partial charge is 0.268 e. The van der Waals surface area contributed by atoms with E-state index in [1.807, 2.05) is 0 Å². The SMILES string of the molecule is Cc1nc(Cl)cc2nnc(-c3ccc(=O)[nH]n3)n12. The number of halogens is 1. The summed E-state index contributed by atoms with van der Waals surface area (Å²) in [5.41, 5.74) is 0.815. The summed E-state index contributed by atoms with van der Waals surface area (Å²) in [6, 6.07) is 4.56. The molecule has 3 heterocycles. The molecule has 7 nitrogen and oxygen atoms in total. The van der Waals surface area contributed by atoms with Gasteiger partial charge in [0, 0.05) is 12.1 Å². The van der Waals surface area contributed by atoms with Crippen LogP contribution in [-0.2, 0) is 0 Å². The summed E-state index contributed by atoms with van der Waals surface area (Å²) in [5.74, 6) is 1.15. The molecule has 0 aromatic carbocycles. The Morgan fingerprint density at radius 1 is 1.33 bits per heavy atom. The fraction of sp³-hybridized carbons (Fsp3) is 0.100. The minimum atomic E-state index is -0.273. The first-order chi connectivity index (χ1) is 8.65. The van der Waals surface area contributed by atoms with Crippen LogP contribution in [0.5, 0.6) is 0 Å². The fourth-order valence-electron chi connectivity index (χ4n) is 1.69. The maximum atomic E-state index is 11.0. The highest BCUT2D eigenvalue weighted by atomic mass is 35.5. The fourth-order valence-corrected chi connectivity index (χ4v) is 1.91. The van der Waals surface area contributed by atoms with Gasteiger partial charge in [-0.05, 0) is 13.0 Å². The maximum Gasteiger partial charge on any atom is 0.264 e. The van der Waals surface area contributed by atoms with E-state index >= 15 is 0 Å². The summed E-state index contributed by atoms with van der Waals surface area (Å²) in [6.45, 7) is 1.79. The van der Waals surface area contributed by atoms with Crippen LogP contribution in [0, 0.1) is 6.92 Å². The molecule has 18 heavy (non-hydrogen) atoms. The quantitative estimate of drug-likeness (QED) is 0.657. The Hall–Kier alpha value is -2.28. The standard InChI is InChI=1S/C10H7ClN6O/c1-5-12-7(11)4-8-14-16-10(17(5)8)6-2-3-9(18)15-13-6/h2-4H,1H3,(H,15,18). The Kier molecular flexibility index (Phi) is 2.34. The van der Waals surface area contributed by atoms with E-state index in [2.05, 4.69) is 25.4 Å². The zero-order valence-electron chi connectivity index (χ0n) is 9.25. The number of rotatable bonds is 1. The number of aryl methyl sites for hydroxylation is 1. The normalized spacial score (nSPS) is 11.0. The zero-order chi connectivity index (χ0) is 12.7.